The molecule has 2 rings (SSSR count). The minimum Gasteiger partial charge on any atom is -0.496 e. The molecule has 0 unspecified atom stereocenters. The maximum absolute atomic E-state index is 13.0. The van der Waals surface area contributed by atoms with Gasteiger partial charge in [0.1, 0.15) is 17.3 Å². The first kappa shape index (κ1) is 15.2. The summed E-state index contributed by atoms with van der Waals surface area (Å²) in [5.41, 5.74) is 0.998. The number of carbonyl (C=O) groups excluding carboxylic acids is 1. The van der Waals surface area contributed by atoms with Gasteiger partial charge in [-0.15, -0.1) is 0 Å². The van der Waals surface area contributed by atoms with Crippen LogP contribution in [-0.4, -0.2) is 12.9 Å². The van der Waals surface area contributed by atoms with E-state index in [9.17, 15) is 9.18 Å². The Morgan fingerprint density at radius 1 is 1.10 bits per heavy atom. The van der Waals surface area contributed by atoms with Gasteiger partial charge in [0.2, 0.25) is 0 Å². The summed E-state index contributed by atoms with van der Waals surface area (Å²) in [4.78, 5) is 12.6. The smallest absolute Gasteiger partial charge is 0.147 e. The van der Waals surface area contributed by atoms with E-state index >= 15 is 0 Å². The highest BCUT2D eigenvalue weighted by Gasteiger charge is 2.29. The Balaban J connectivity index is 2.24. The molecule has 0 atom stereocenters. The lowest BCUT2D eigenvalue weighted by Crippen LogP contribution is -2.30. The quantitative estimate of drug-likeness (QED) is 0.832. The van der Waals surface area contributed by atoms with Crippen LogP contribution in [-0.2, 0) is 16.6 Å². The molecule has 0 heterocycles. The molecule has 0 saturated carbocycles. The Hall–Kier alpha value is -2.16. The molecule has 0 aliphatic rings. The number of carbonyl (C=O) groups is 1. The van der Waals surface area contributed by atoms with Crippen LogP contribution >= 0.6 is 0 Å². The Morgan fingerprint density at radius 3 is 2.33 bits per heavy atom. The lowest BCUT2D eigenvalue weighted by atomic mass is 9.78. The summed E-state index contributed by atoms with van der Waals surface area (Å²) >= 11 is 0. The van der Waals surface area contributed by atoms with Gasteiger partial charge < -0.3 is 4.74 Å². The van der Waals surface area contributed by atoms with Gasteiger partial charge in [0, 0.05) is 17.4 Å². The van der Waals surface area contributed by atoms with Crippen molar-refractivity contribution in [2.24, 2.45) is 0 Å². The average Bonchev–Trinajstić information content (AvgIpc) is 2.48. The number of halogens is 1. The second-order valence-corrected chi connectivity index (χ2v) is 5.54. The molecule has 0 fully saturated rings. The number of benzene rings is 2. The zero-order chi connectivity index (χ0) is 15.5. The van der Waals surface area contributed by atoms with E-state index in [2.05, 4.69) is 0 Å². The summed E-state index contributed by atoms with van der Waals surface area (Å²) in [6.07, 6.45) is 0.286. The Labute approximate surface area is 124 Å². The normalized spacial score (nSPS) is 11.2. The predicted octanol–water partition coefficient (Wildman–Crippen LogP) is 3.92. The fraction of sp³-hybridized carbons (Fsp3) is 0.278. The zero-order valence-corrected chi connectivity index (χ0v) is 12.5. The minimum atomic E-state index is -0.672. The van der Waals surface area contributed by atoms with Gasteiger partial charge in [0.15, 0.2) is 0 Å². The summed E-state index contributed by atoms with van der Waals surface area (Å²) in [5.74, 6) is 0.478. The topological polar surface area (TPSA) is 26.3 Å². The van der Waals surface area contributed by atoms with Crippen LogP contribution in [0.4, 0.5) is 4.39 Å². The van der Waals surface area contributed by atoms with E-state index in [-0.39, 0.29) is 18.0 Å². The average molecular weight is 286 g/mol. The molecule has 0 amide bonds. The summed E-state index contributed by atoms with van der Waals surface area (Å²) in [6.45, 7) is 3.72. The van der Waals surface area contributed by atoms with Gasteiger partial charge in [0.25, 0.3) is 0 Å². The molecule has 2 aromatic carbocycles. The number of ketones is 1. The van der Waals surface area contributed by atoms with Crippen LogP contribution in [0.1, 0.15) is 25.0 Å². The molecular formula is C18H19FO2. The van der Waals surface area contributed by atoms with Crippen molar-refractivity contribution in [2.45, 2.75) is 25.7 Å². The molecular weight excluding hydrogens is 267 g/mol. The van der Waals surface area contributed by atoms with Gasteiger partial charge in [-0.25, -0.2) is 4.39 Å². The third kappa shape index (κ3) is 3.30. The van der Waals surface area contributed by atoms with Gasteiger partial charge >= 0.3 is 0 Å². The number of hydrogen-bond donors (Lipinski definition) is 0. The number of rotatable bonds is 5. The molecule has 0 radical (unpaired) electrons. The lowest BCUT2D eigenvalue weighted by molar-refractivity contribution is -0.122. The maximum Gasteiger partial charge on any atom is 0.147 e. The van der Waals surface area contributed by atoms with Crippen LogP contribution in [0, 0.1) is 5.82 Å². The second-order valence-electron chi connectivity index (χ2n) is 5.54. The molecule has 0 bridgehead atoms. The highest BCUT2D eigenvalue weighted by atomic mass is 19.1. The van der Waals surface area contributed by atoms with E-state index in [0.29, 0.717) is 5.75 Å². The standard InChI is InChI=1S/C18H19FO2/c1-18(2,14-8-10-15(19)11-9-14)17(20)12-13-6-4-5-7-16(13)21-3/h4-11H,12H2,1-3H3. The molecule has 0 aliphatic heterocycles. The van der Waals surface area contributed by atoms with Gasteiger partial charge in [-0.3, -0.25) is 4.79 Å². The Kier molecular flexibility index (Phi) is 4.41. The first-order valence-corrected chi connectivity index (χ1v) is 6.86. The van der Waals surface area contributed by atoms with Crippen molar-refractivity contribution in [2.75, 3.05) is 7.11 Å². The van der Waals surface area contributed by atoms with Crippen LogP contribution in [0.5, 0.6) is 5.75 Å². The van der Waals surface area contributed by atoms with Crippen LogP contribution in [0.25, 0.3) is 0 Å². The third-order valence-corrected chi connectivity index (χ3v) is 3.81. The van der Waals surface area contributed by atoms with E-state index in [1.165, 1.54) is 12.1 Å². The van der Waals surface area contributed by atoms with Crippen molar-refractivity contribution in [3.05, 3.63) is 65.5 Å². The first-order valence-electron chi connectivity index (χ1n) is 6.86. The van der Waals surface area contributed by atoms with E-state index in [0.717, 1.165) is 11.1 Å². The largest absolute Gasteiger partial charge is 0.496 e. The van der Waals surface area contributed by atoms with Crippen molar-refractivity contribution in [3.8, 4) is 5.75 Å². The van der Waals surface area contributed by atoms with E-state index in [1.807, 2.05) is 38.1 Å². The minimum absolute atomic E-state index is 0.0682. The van der Waals surface area contributed by atoms with Gasteiger partial charge in [0.05, 0.1) is 7.11 Å². The molecule has 110 valence electrons. The highest BCUT2D eigenvalue weighted by Crippen LogP contribution is 2.28. The van der Waals surface area contributed by atoms with Crippen molar-refractivity contribution >= 4 is 5.78 Å². The molecule has 2 nitrogen and oxygen atoms in total. The van der Waals surface area contributed by atoms with Gasteiger partial charge in [-0.2, -0.15) is 0 Å². The summed E-state index contributed by atoms with van der Waals surface area (Å²) in [5, 5.41) is 0. The van der Waals surface area contributed by atoms with Crippen molar-refractivity contribution in [1.82, 2.24) is 0 Å². The fourth-order valence-corrected chi connectivity index (χ4v) is 2.27. The summed E-state index contributed by atoms with van der Waals surface area (Å²) < 4.78 is 18.3. The highest BCUT2D eigenvalue weighted by molar-refractivity contribution is 5.91. The Bertz CT molecular complexity index is 630. The second kappa shape index (κ2) is 6.08. The fourth-order valence-electron chi connectivity index (χ4n) is 2.27. The zero-order valence-electron chi connectivity index (χ0n) is 12.5. The number of hydrogen-bond acceptors (Lipinski definition) is 2. The third-order valence-electron chi connectivity index (χ3n) is 3.81. The SMILES string of the molecule is COc1ccccc1CC(=O)C(C)(C)c1ccc(F)cc1. The summed E-state index contributed by atoms with van der Waals surface area (Å²) in [7, 11) is 1.59. The van der Waals surface area contributed by atoms with Crippen molar-refractivity contribution in [1.29, 1.82) is 0 Å². The molecule has 0 aromatic heterocycles. The van der Waals surface area contributed by atoms with Crippen LogP contribution in [0.15, 0.2) is 48.5 Å². The number of methoxy groups -OCH3 is 1. The first-order chi connectivity index (χ1) is 9.95. The summed E-state index contributed by atoms with van der Waals surface area (Å²) in [6, 6.07) is 13.6. The molecule has 0 spiro atoms. The lowest BCUT2D eigenvalue weighted by Gasteiger charge is -2.24. The van der Waals surface area contributed by atoms with Crippen LogP contribution < -0.4 is 4.74 Å². The molecule has 0 saturated heterocycles. The molecule has 2 aromatic rings. The predicted molar refractivity (Wildman–Crippen MR) is 81.1 cm³/mol. The molecule has 21 heavy (non-hydrogen) atoms. The monoisotopic (exact) mass is 286 g/mol. The number of para-hydroxylation sites is 1. The number of ether oxygens (including phenoxy) is 1. The molecule has 3 heteroatoms. The van der Waals surface area contributed by atoms with Crippen LogP contribution in [0.2, 0.25) is 0 Å². The van der Waals surface area contributed by atoms with Gasteiger partial charge in [-0.1, -0.05) is 30.3 Å². The molecule has 0 aliphatic carbocycles. The Morgan fingerprint density at radius 2 is 1.71 bits per heavy atom. The van der Waals surface area contributed by atoms with E-state index < -0.39 is 5.41 Å². The molecule has 0 N–H and O–H groups in total. The van der Waals surface area contributed by atoms with Crippen LogP contribution in [0.3, 0.4) is 0 Å². The van der Waals surface area contributed by atoms with Gasteiger partial charge in [-0.05, 0) is 37.6 Å². The van der Waals surface area contributed by atoms with E-state index in [1.54, 1.807) is 19.2 Å². The van der Waals surface area contributed by atoms with Crippen molar-refractivity contribution in [3.63, 3.8) is 0 Å². The van der Waals surface area contributed by atoms with E-state index in [4.69, 9.17) is 4.74 Å². The number of Topliss-reactive ketones (excluding diaryl/α,β-unsaturated/α-hetero) is 1. The maximum atomic E-state index is 13.0. The van der Waals surface area contributed by atoms with Crippen molar-refractivity contribution < 1.29 is 13.9 Å².